The number of nitrogens with one attached hydrogen (secondary N) is 1. The lowest BCUT2D eigenvalue weighted by Gasteiger charge is -2.20. The Morgan fingerprint density at radius 2 is 1.82 bits per heavy atom. The van der Waals surface area contributed by atoms with Gasteiger partial charge in [-0.3, -0.25) is 0 Å². The zero-order chi connectivity index (χ0) is 16.1. The third-order valence-corrected chi connectivity index (χ3v) is 4.14. The number of aliphatic hydroxyl groups is 1. The van der Waals surface area contributed by atoms with E-state index >= 15 is 0 Å². The first-order valence-corrected chi connectivity index (χ1v) is 7.88. The SMILES string of the molecule is CCC(NCC(O)c1ccc(F)cc1Cl)c1ccc(Cl)cc1. The zero-order valence-electron chi connectivity index (χ0n) is 12.2. The number of benzene rings is 2. The van der Waals surface area contributed by atoms with Crippen molar-refractivity contribution in [1.82, 2.24) is 5.32 Å². The fourth-order valence-corrected chi connectivity index (χ4v) is 2.75. The van der Waals surface area contributed by atoms with Crippen LogP contribution < -0.4 is 5.32 Å². The van der Waals surface area contributed by atoms with Crippen molar-refractivity contribution in [3.8, 4) is 0 Å². The van der Waals surface area contributed by atoms with Crippen LogP contribution in [0.2, 0.25) is 10.0 Å². The molecule has 0 saturated carbocycles. The van der Waals surface area contributed by atoms with E-state index in [0.717, 1.165) is 12.0 Å². The highest BCUT2D eigenvalue weighted by atomic mass is 35.5. The summed E-state index contributed by atoms with van der Waals surface area (Å²) in [6, 6.07) is 11.7. The van der Waals surface area contributed by atoms with Crippen LogP contribution in [0, 0.1) is 5.82 Å². The lowest BCUT2D eigenvalue weighted by Crippen LogP contribution is -2.26. The third kappa shape index (κ3) is 4.43. The molecule has 0 heterocycles. The molecule has 0 aliphatic rings. The van der Waals surface area contributed by atoms with Crippen molar-refractivity contribution in [1.29, 1.82) is 0 Å². The maximum Gasteiger partial charge on any atom is 0.124 e. The molecule has 2 nitrogen and oxygen atoms in total. The first kappa shape index (κ1) is 17.2. The Labute approximate surface area is 139 Å². The van der Waals surface area contributed by atoms with Gasteiger partial charge in [0.25, 0.3) is 0 Å². The van der Waals surface area contributed by atoms with Crippen LogP contribution in [0.25, 0.3) is 0 Å². The number of rotatable bonds is 6. The first-order chi connectivity index (χ1) is 10.5. The van der Waals surface area contributed by atoms with Gasteiger partial charge in [0, 0.05) is 28.2 Å². The Morgan fingerprint density at radius 1 is 1.14 bits per heavy atom. The van der Waals surface area contributed by atoms with Crippen LogP contribution in [-0.2, 0) is 0 Å². The summed E-state index contributed by atoms with van der Waals surface area (Å²) in [6.45, 7) is 2.38. The number of hydrogen-bond donors (Lipinski definition) is 2. The summed E-state index contributed by atoms with van der Waals surface area (Å²) in [6.07, 6.45) is 0.0698. The van der Waals surface area contributed by atoms with Crippen molar-refractivity contribution in [2.45, 2.75) is 25.5 Å². The first-order valence-electron chi connectivity index (χ1n) is 7.13. The normalized spacial score (nSPS) is 13.9. The van der Waals surface area contributed by atoms with Crippen molar-refractivity contribution < 1.29 is 9.50 Å². The minimum atomic E-state index is -0.797. The Morgan fingerprint density at radius 3 is 2.41 bits per heavy atom. The number of halogens is 3. The Kier molecular flexibility index (Phi) is 6.21. The number of hydrogen-bond acceptors (Lipinski definition) is 2. The second-order valence-electron chi connectivity index (χ2n) is 5.10. The molecule has 2 rings (SSSR count). The zero-order valence-corrected chi connectivity index (χ0v) is 13.7. The average Bonchev–Trinajstić information content (AvgIpc) is 2.49. The van der Waals surface area contributed by atoms with Crippen LogP contribution in [0.15, 0.2) is 42.5 Å². The van der Waals surface area contributed by atoms with Crippen molar-refractivity contribution in [3.05, 3.63) is 69.5 Å². The second-order valence-corrected chi connectivity index (χ2v) is 5.95. The molecule has 2 unspecified atom stereocenters. The van der Waals surface area contributed by atoms with Crippen LogP contribution in [0.5, 0.6) is 0 Å². The van der Waals surface area contributed by atoms with Crippen LogP contribution >= 0.6 is 23.2 Å². The summed E-state index contributed by atoms with van der Waals surface area (Å²) >= 11 is 11.9. The molecule has 22 heavy (non-hydrogen) atoms. The van der Waals surface area contributed by atoms with Gasteiger partial charge >= 0.3 is 0 Å². The smallest absolute Gasteiger partial charge is 0.124 e. The van der Waals surface area contributed by atoms with Gasteiger partial charge in [0.15, 0.2) is 0 Å². The van der Waals surface area contributed by atoms with Gasteiger partial charge in [0.1, 0.15) is 5.82 Å². The molecular weight excluding hydrogens is 324 g/mol. The molecule has 0 aromatic heterocycles. The second kappa shape index (κ2) is 7.93. The van der Waals surface area contributed by atoms with Gasteiger partial charge in [-0.05, 0) is 36.2 Å². The molecule has 118 valence electrons. The molecule has 2 N–H and O–H groups in total. The van der Waals surface area contributed by atoms with E-state index in [0.29, 0.717) is 17.1 Å². The predicted molar refractivity (Wildman–Crippen MR) is 88.9 cm³/mol. The Bertz CT molecular complexity index is 619. The highest BCUT2D eigenvalue weighted by molar-refractivity contribution is 6.31. The molecule has 0 fully saturated rings. The van der Waals surface area contributed by atoms with Crippen molar-refractivity contribution >= 4 is 23.2 Å². The summed E-state index contributed by atoms with van der Waals surface area (Å²) in [5.74, 6) is -0.415. The largest absolute Gasteiger partial charge is 0.387 e. The van der Waals surface area contributed by atoms with E-state index in [1.54, 1.807) is 0 Å². The topological polar surface area (TPSA) is 32.3 Å². The van der Waals surface area contributed by atoms with E-state index in [2.05, 4.69) is 12.2 Å². The average molecular weight is 342 g/mol. The van der Waals surface area contributed by atoms with Crippen LogP contribution in [0.4, 0.5) is 4.39 Å². The molecule has 0 saturated heterocycles. The lowest BCUT2D eigenvalue weighted by molar-refractivity contribution is 0.169. The monoisotopic (exact) mass is 341 g/mol. The maximum absolute atomic E-state index is 13.0. The molecule has 2 aromatic carbocycles. The molecular formula is C17H18Cl2FNO. The molecule has 5 heteroatoms. The van der Waals surface area contributed by atoms with Gasteiger partial charge in [0.05, 0.1) is 6.10 Å². The third-order valence-electron chi connectivity index (χ3n) is 3.56. The summed E-state index contributed by atoms with van der Waals surface area (Å²) < 4.78 is 13.0. The van der Waals surface area contributed by atoms with E-state index in [1.807, 2.05) is 24.3 Å². The highest BCUT2D eigenvalue weighted by Gasteiger charge is 2.15. The molecule has 2 atom stereocenters. The van der Waals surface area contributed by atoms with Crippen LogP contribution in [0.3, 0.4) is 0 Å². The Balaban J connectivity index is 2.02. The fourth-order valence-electron chi connectivity index (χ4n) is 2.33. The predicted octanol–water partition coefficient (Wildman–Crippen LogP) is 4.91. The molecule has 0 amide bonds. The molecule has 0 radical (unpaired) electrons. The van der Waals surface area contributed by atoms with Crippen molar-refractivity contribution in [3.63, 3.8) is 0 Å². The summed E-state index contributed by atoms with van der Waals surface area (Å²) in [5, 5.41) is 14.5. The van der Waals surface area contributed by atoms with Gasteiger partial charge in [-0.1, -0.05) is 48.3 Å². The minimum Gasteiger partial charge on any atom is -0.387 e. The van der Waals surface area contributed by atoms with E-state index in [-0.39, 0.29) is 11.1 Å². The van der Waals surface area contributed by atoms with Crippen molar-refractivity contribution in [2.75, 3.05) is 6.54 Å². The lowest BCUT2D eigenvalue weighted by atomic mass is 10.0. The number of aliphatic hydroxyl groups excluding tert-OH is 1. The molecule has 0 bridgehead atoms. The van der Waals surface area contributed by atoms with Gasteiger partial charge < -0.3 is 10.4 Å². The van der Waals surface area contributed by atoms with E-state index in [4.69, 9.17) is 23.2 Å². The van der Waals surface area contributed by atoms with Crippen LogP contribution in [-0.4, -0.2) is 11.7 Å². The van der Waals surface area contributed by atoms with Crippen LogP contribution in [0.1, 0.15) is 36.6 Å². The van der Waals surface area contributed by atoms with Gasteiger partial charge in [-0.15, -0.1) is 0 Å². The highest BCUT2D eigenvalue weighted by Crippen LogP contribution is 2.25. The Hall–Kier alpha value is -1.13. The minimum absolute atomic E-state index is 0.103. The van der Waals surface area contributed by atoms with Gasteiger partial charge in [-0.25, -0.2) is 4.39 Å². The molecule has 2 aromatic rings. The molecule has 0 aliphatic carbocycles. The fraction of sp³-hybridized carbons (Fsp3) is 0.294. The van der Waals surface area contributed by atoms with Gasteiger partial charge in [0.2, 0.25) is 0 Å². The van der Waals surface area contributed by atoms with E-state index in [1.165, 1.54) is 18.2 Å². The van der Waals surface area contributed by atoms with E-state index in [9.17, 15) is 9.50 Å². The van der Waals surface area contributed by atoms with E-state index < -0.39 is 11.9 Å². The quantitative estimate of drug-likeness (QED) is 0.782. The van der Waals surface area contributed by atoms with Gasteiger partial charge in [-0.2, -0.15) is 0 Å². The van der Waals surface area contributed by atoms with Crippen molar-refractivity contribution in [2.24, 2.45) is 0 Å². The molecule has 0 aliphatic heterocycles. The standard InChI is InChI=1S/C17H18Cl2FNO/c1-2-16(11-3-5-12(18)6-4-11)21-10-17(22)14-8-7-13(20)9-15(14)19/h3-9,16-17,21-22H,2,10H2,1H3. The molecule has 0 spiro atoms. The summed E-state index contributed by atoms with van der Waals surface area (Å²) in [4.78, 5) is 0. The summed E-state index contributed by atoms with van der Waals surface area (Å²) in [5.41, 5.74) is 1.62. The summed E-state index contributed by atoms with van der Waals surface area (Å²) in [7, 11) is 0. The maximum atomic E-state index is 13.0.